The number of amides is 2. The molecule has 0 saturated carbocycles. The van der Waals surface area contributed by atoms with Gasteiger partial charge >= 0.3 is 0 Å². The maximum atomic E-state index is 12.5. The number of hydrogen-bond acceptors (Lipinski definition) is 3. The molecule has 1 fully saturated rings. The third kappa shape index (κ3) is 4.99. The lowest BCUT2D eigenvalue weighted by Crippen LogP contribution is -2.53. The van der Waals surface area contributed by atoms with Crippen molar-refractivity contribution in [3.8, 4) is 0 Å². The van der Waals surface area contributed by atoms with Crippen LogP contribution in [0.5, 0.6) is 0 Å². The average Bonchev–Trinajstić information content (AvgIpc) is 2.52. The third-order valence-electron chi connectivity index (χ3n) is 4.17. The lowest BCUT2D eigenvalue weighted by atomic mass is 10.0. The summed E-state index contributed by atoms with van der Waals surface area (Å²) in [6.45, 7) is 5.65. The van der Waals surface area contributed by atoms with Crippen molar-refractivity contribution < 1.29 is 9.59 Å². The van der Waals surface area contributed by atoms with Crippen LogP contribution in [0.4, 0.5) is 0 Å². The summed E-state index contributed by atoms with van der Waals surface area (Å²) in [5, 5.41) is 0.862. The van der Waals surface area contributed by atoms with E-state index in [9.17, 15) is 9.59 Å². The Morgan fingerprint density at radius 2 is 1.46 bits per heavy atom. The monoisotopic (exact) mass is 393 g/mol. The van der Waals surface area contributed by atoms with Gasteiger partial charge in [-0.25, -0.2) is 0 Å². The topological polar surface area (TPSA) is 66.6 Å². The molecule has 0 aliphatic carbocycles. The summed E-state index contributed by atoms with van der Waals surface area (Å²) in [7, 11) is 0. The van der Waals surface area contributed by atoms with Gasteiger partial charge in [-0.05, 0) is 25.1 Å². The van der Waals surface area contributed by atoms with Crippen molar-refractivity contribution in [3.05, 3.63) is 33.8 Å². The standard InChI is InChI=1S/C16H21Cl2N3O2.ClH/c1-10(11(2)19)15(22)20-3-5-21(6-4-20)16(23)12-7-13(17)9-14(18)8-12;/h7-11H,3-6,19H2,1-2H3;1H. The molecule has 5 nitrogen and oxygen atoms in total. The minimum absolute atomic E-state index is 0. The Hall–Kier alpha value is -1.01. The number of benzene rings is 1. The highest BCUT2D eigenvalue weighted by Crippen LogP contribution is 2.21. The van der Waals surface area contributed by atoms with Crippen LogP contribution in [0.2, 0.25) is 10.0 Å². The molecule has 1 saturated heterocycles. The van der Waals surface area contributed by atoms with Crippen molar-refractivity contribution in [2.24, 2.45) is 11.7 Å². The van der Waals surface area contributed by atoms with Crippen LogP contribution in [-0.4, -0.2) is 53.8 Å². The number of nitrogens with two attached hydrogens (primary N) is 1. The van der Waals surface area contributed by atoms with Gasteiger partial charge in [-0.15, -0.1) is 12.4 Å². The Labute approximate surface area is 158 Å². The van der Waals surface area contributed by atoms with Gasteiger partial charge in [-0.1, -0.05) is 30.1 Å². The lowest BCUT2D eigenvalue weighted by Gasteiger charge is -2.36. The zero-order valence-electron chi connectivity index (χ0n) is 13.7. The van der Waals surface area contributed by atoms with Crippen molar-refractivity contribution in [1.82, 2.24) is 9.80 Å². The van der Waals surface area contributed by atoms with E-state index in [2.05, 4.69) is 0 Å². The molecule has 2 N–H and O–H groups in total. The second-order valence-electron chi connectivity index (χ2n) is 5.92. The van der Waals surface area contributed by atoms with Gasteiger partial charge in [0, 0.05) is 47.8 Å². The normalized spacial score (nSPS) is 17.0. The maximum absolute atomic E-state index is 12.5. The first kappa shape index (κ1) is 21.0. The quantitative estimate of drug-likeness (QED) is 0.857. The summed E-state index contributed by atoms with van der Waals surface area (Å²) in [6.07, 6.45) is 0. The van der Waals surface area contributed by atoms with Crippen LogP contribution in [0.15, 0.2) is 18.2 Å². The predicted molar refractivity (Wildman–Crippen MR) is 99.0 cm³/mol. The Bertz CT molecular complexity index is 582. The molecular formula is C16H22Cl3N3O2. The molecule has 2 unspecified atom stereocenters. The Kier molecular flexibility index (Phi) is 7.80. The fraction of sp³-hybridized carbons (Fsp3) is 0.500. The summed E-state index contributed by atoms with van der Waals surface area (Å²) in [4.78, 5) is 28.3. The van der Waals surface area contributed by atoms with E-state index in [1.807, 2.05) is 13.8 Å². The highest BCUT2D eigenvalue weighted by Gasteiger charge is 2.28. The van der Waals surface area contributed by atoms with Gasteiger partial charge in [0.1, 0.15) is 0 Å². The van der Waals surface area contributed by atoms with Gasteiger partial charge < -0.3 is 15.5 Å². The molecule has 0 spiro atoms. The van der Waals surface area contributed by atoms with Gasteiger partial charge in [0.25, 0.3) is 5.91 Å². The third-order valence-corrected chi connectivity index (χ3v) is 4.60. The highest BCUT2D eigenvalue weighted by molar-refractivity contribution is 6.35. The second-order valence-corrected chi connectivity index (χ2v) is 6.80. The summed E-state index contributed by atoms with van der Waals surface area (Å²) in [6, 6.07) is 4.61. The number of nitrogens with zero attached hydrogens (tertiary/aromatic N) is 2. The Morgan fingerprint density at radius 1 is 1.00 bits per heavy atom. The Balaban J connectivity index is 0.00000288. The number of rotatable bonds is 3. The zero-order valence-corrected chi connectivity index (χ0v) is 16.0. The second kappa shape index (κ2) is 8.90. The largest absolute Gasteiger partial charge is 0.339 e. The van der Waals surface area contributed by atoms with Crippen LogP contribution in [-0.2, 0) is 4.79 Å². The molecule has 0 bridgehead atoms. The fourth-order valence-electron chi connectivity index (χ4n) is 2.50. The molecule has 0 radical (unpaired) electrons. The van der Waals surface area contributed by atoms with Crippen LogP contribution in [0.1, 0.15) is 24.2 Å². The molecule has 8 heteroatoms. The molecule has 1 aliphatic heterocycles. The summed E-state index contributed by atoms with van der Waals surface area (Å²) in [5.41, 5.74) is 6.25. The summed E-state index contributed by atoms with van der Waals surface area (Å²) >= 11 is 11.9. The zero-order chi connectivity index (χ0) is 17.1. The van der Waals surface area contributed by atoms with E-state index in [0.29, 0.717) is 41.8 Å². The lowest BCUT2D eigenvalue weighted by molar-refractivity contribution is -0.137. The number of hydrogen-bond donors (Lipinski definition) is 1. The van der Waals surface area contributed by atoms with Crippen molar-refractivity contribution in [2.75, 3.05) is 26.2 Å². The molecule has 1 aromatic rings. The molecule has 1 aromatic carbocycles. The van der Waals surface area contributed by atoms with Gasteiger partial charge in [-0.2, -0.15) is 0 Å². The minimum Gasteiger partial charge on any atom is -0.339 e. The molecule has 0 aromatic heterocycles. The number of carbonyl (C=O) groups is 2. The molecule has 134 valence electrons. The molecular weight excluding hydrogens is 373 g/mol. The smallest absolute Gasteiger partial charge is 0.254 e. The van der Waals surface area contributed by atoms with Gasteiger partial charge in [0.05, 0.1) is 5.92 Å². The number of piperazine rings is 1. The van der Waals surface area contributed by atoms with Crippen LogP contribution in [0, 0.1) is 5.92 Å². The van der Waals surface area contributed by atoms with E-state index in [1.54, 1.807) is 28.0 Å². The van der Waals surface area contributed by atoms with Gasteiger partial charge in [0.2, 0.25) is 5.91 Å². The SMILES string of the molecule is CC(N)C(C)C(=O)N1CCN(C(=O)c2cc(Cl)cc(Cl)c2)CC1.Cl. The molecule has 2 amide bonds. The fourth-order valence-corrected chi connectivity index (χ4v) is 3.03. The van der Waals surface area contributed by atoms with Crippen molar-refractivity contribution >= 4 is 47.4 Å². The van der Waals surface area contributed by atoms with Crippen LogP contribution in [0.3, 0.4) is 0 Å². The predicted octanol–water partition coefficient (Wildman–Crippen LogP) is 2.68. The first-order valence-corrected chi connectivity index (χ1v) is 8.35. The molecule has 1 heterocycles. The summed E-state index contributed by atoms with van der Waals surface area (Å²) in [5.74, 6) is -0.302. The van der Waals surface area contributed by atoms with Crippen LogP contribution in [0.25, 0.3) is 0 Å². The van der Waals surface area contributed by atoms with E-state index < -0.39 is 0 Å². The Morgan fingerprint density at radius 3 is 1.92 bits per heavy atom. The minimum atomic E-state index is -0.219. The first-order valence-electron chi connectivity index (χ1n) is 7.59. The molecule has 24 heavy (non-hydrogen) atoms. The highest BCUT2D eigenvalue weighted by atomic mass is 35.5. The molecule has 1 aliphatic rings. The molecule has 2 rings (SSSR count). The first-order chi connectivity index (χ1) is 10.8. The van der Waals surface area contributed by atoms with E-state index in [0.717, 1.165) is 0 Å². The van der Waals surface area contributed by atoms with E-state index in [-0.39, 0.29) is 36.2 Å². The summed E-state index contributed by atoms with van der Waals surface area (Å²) < 4.78 is 0. The van der Waals surface area contributed by atoms with Crippen molar-refractivity contribution in [1.29, 1.82) is 0 Å². The van der Waals surface area contributed by atoms with E-state index in [1.165, 1.54) is 0 Å². The number of halogens is 3. The van der Waals surface area contributed by atoms with E-state index >= 15 is 0 Å². The molecule has 2 atom stereocenters. The van der Waals surface area contributed by atoms with Crippen molar-refractivity contribution in [2.45, 2.75) is 19.9 Å². The maximum Gasteiger partial charge on any atom is 0.254 e. The van der Waals surface area contributed by atoms with Crippen LogP contribution < -0.4 is 5.73 Å². The van der Waals surface area contributed by atoms with Crippen LogP contribution >= 0.6 is 35.6 Å². The average molecular weight is 395 g/mol. The number of carbonyl (C=O) groups excluding carboxylic acids is 2. The van der Waals surface area contributed by atoms with Gasteiger partial charge in [-0.3, -0.25) is 9.59 Å². The van der Waals surface area contributed by atoms with Crippen molar-refractivity contribution in [3.63, 3.8) is 0 Å². The van der Waals surface area contributed by atoms with E-state index in [4.69, 9.17) is 28.9 Å². The van der Waals surface area contributed by atoms with Gasteiger partial charge in [0.15, 0.2) is 0 Å².